The average molecular weight is 494 g/mol. The van der Waals surface area contributed by atoms with Crippen LogP contribution in [0.4, 0.5) is 5.13 Å². The lowest BCUT2D eigenvalue weighted by atomic mass is 10.1. The van der Waals surface area contributed by atoms with Crippen LogP contribution in [-0.4, -0.2) is 57.7 Å². The largest absolute Gasteiger partial charge is 0.378 e. The van der Waals surface area contributed by atoms with Crippen molar-refractivity contribution in [1.29, 1.82) is 0 Å². The lowest BCUT2D eigenvalue weighted by Crippen LogP contribution is -2.41. The molecule has 11 heteroatoms. The highest BCUT2D eigenvalue weighted by molar-refractivity contribution is 7.17. The topological polar surface area (TPSA) is 114 Å². The lowest BCUT2D eigenvalue weighted by molar-refractivity contribution is -0.121. The number of thiazole rings is 1. The van der Waals surface area contributed by atoms with Gasteiger partial charge in [-0.15, -0.1) is 0 Å². The number of hydrogen-bond acceptors (Lipinski definition) is 8. The van der Waals surface area contributed by atoms with Crippen molar-refractivity contribution in [1.82, 2.24) is 30.4 Å². The standard InChI is InChI=1S/C24H27N7O3S/c1-14-17(16(3)31-22(25-14)18-6-4-5-7-19(18)29-31)8-9-20(32)27-28-23(33)21-15(2)26-24(35-21)30-10-12-34-13-11-30/h4-7H,8-13H2,1-3H3,(H,27,32)(H,28,33). The molecule has 0 aliphatic carbocycles. The number of carbonyl (C=O) groups excluding carboxylic acids is 2. The molecule has 4 heterocycles. The van der Waals surface area contributed by atoms with E-state index in [1.807, 2.05) is 42.6 Å². The van der Waals surface area contributed by atoms with E-state index in [1.54, 1.807) is 6.92 Å². The number of carbonyl (C=O) groups is 2. The second-order valence-electron chi connectivity index (χ2n) is 8.53. The quantitative estimate of drug-likeness (QED) is 0.411. The minimum absolute atomic E-state index is 0.205. The Bertz CT molecular complexity index is 1420. The average Bonchev–Trinajstić information content (AvgIpc) is 3.44. The van der Waals surface area contributed by atoms with Gasteiger partial charge in [-0.25, -0.2) is 14.5 Å². The molecular weight excluding hydrogens is 466 g/mol. The third kappa shape index (κ3) is 4.56. The minimum atomic E-state index is -0.369. The van der Waals surface area contributed by atoms with E-state index in [1.165, 1.54) is 11.3 Å². The number of hydrogen-bond donors (Lipinski definition) is 2. The molecule has 0 spiro atoms. The Morgan fingerprint density at radius 1 is 1.06 bits per heavy atom. The molecule has 182 valence electrons. The highest BCUT2D eigenvalue weighted by Crippen LogP contribution is 2.27. The molecule has 1 aliphatic heterocycles. The normalized spacial score (nSPS) is 14.0. The molecule has 2 N–H and O–H groups in total. The van der Waals surface area contributed by atoms with Gasteiger partial charge in [0.15, 0.2) is 10.8 Å². The van der Waals surface area contributed by atoms with Gasteiger partial charge in [0.2, 0.25) is 5.91 Å². The van der Waals surface area contributed by atoms with Crippen LogP contribution in [0.5, 0.6) is 0 Å². The van der Waals surface area contributed by atoms with E-state index in [2.05, 4.69) is 25.8 Å². The summed E-state index contributed by atoms with van der Waals surface area (Å²) >= 11 is 1.32. The molecule has 35 heavy (non-hydrogen) atoms. The number of rotatable bonds is 5. The first-order chi connectivity index (χ1) is 16.9. The molecule has 0 bridgehead atoms. The molecule has 1 fully saturated rings. The molecule has 3 aromatic heterocycles. The van der Waals surface area contributed by atoms with Gasteiger partial charge in [-0.2, -0.15) is 5.10 Å². The molecule has 0 unspecified atom stereocenters. The number of nitrogens with zero attached hydrogens (tertiary/aromatic N) is 5. The summed E-state index contributed by atoms with van der Waals surface area (Å²) in [5.41, 5.74) is 10.2. The first kappa shape index (κ1) is 23.2. The van der Waals surface area contributed by atoms with Gasteiger partial charge in [0.1, 0.15) is 4.88 Å². The number of ether oxygens (including phenoxy) is 1. The van der Waals surface area contributed by atoms with E-state index in [4.69, 9.17) is 9.72 Å². The second-order valence-corrected chi connectivity index (χ2v) is 9.50. The van der Waals surface area contributed by atoms with Crippen molar-refractivity contribution in [2.45, 2.75) is 33.6 Å². The van der Waals surface area contributed by atoms with E-state index in [9.17, 15) is 9.59 Å². The Labute approximate surface area is 206 Å². The smallest absolute Gasteiger partial charge is 0.281 e. The van der Waals surface area contributed by atoms with Gasteiger partial charge >= 0.3 is 0 Å². The highest BCUT2D eigenvalue weighted by atomic mass is 32.1. The summed E-state index contributed by atoms with van der Waals surface area (Å²) < 4.78 is 7.21. The zero-order chi connectivity index (χ0) is 24.5. The number of amides is 2. The summed E-state index contributed by atoms with van der Waals surface area (Å²) in [5.74, 6) is -0.648. The number of benzene rings is 1. The Hall–Kier alpha value is -3.57. The minimum Gasteiger partial charge on any atom is -0.378 e. The Morgan fingerprint density at radius 3 is 2.63 bits per heavy atom. The van der Waals surface area contributed by atoms with Gasteiger partial charge in [-0.1, -0.05) is 23.5 Å². The first-order valence-corrected chi connectivity index (χ1v) is 12.4. The van der Waals surface area contributed by atoms with Crippen LogP contribution in [0, 0.1) is 20.8 Å². The van der Waals surface area contributed by atoms with Crippen LogP contribution < -0.4 is 15.8 Å². The van der Waals surface area contributed by atoms with Gasteiger partial charge in [-0.05, 0) is 44.9 Å². The molecule has 10 nitrogen and oxygen atoms in total. The van der Waals surface area contributed by atoms with Crippen molar-refractivity contribution in [3.05, 3.63) is 51.8 Å². The zero-order valence-corrected chi connectivity index (χ0v) is 20.7. The van der Waals surface area contributed by atoms with Crippen molar-refractivity contribution < 1.29 is 14.3 Å². The van der Waals surface area contributed by atoms with Crippen LogP contribution in [0.2, 0.25) is 0 Å². The third-order valence-electron chi connectivity index (χ3n) is 6.21. The van der Waals surface area contributed by atoms with Crippen LogP contribution in [-0.2, 0) is 16.0 Å². The molecular formula is C24H27N7O3S. The predicted octanol–water partition coefficient (Wildman–Crippen LogP) is 2.49. The van der Waals surface area contributed by atoms with Gasteiger partial charge in [0, 0.05) is 36.3 Å². The molecule has 1 aliphatic rings. The van der Waals surface area contributed by atoms with Crippen LogP contribution in [0.1, 0.15) is 38.7 Å². The maximum Gasteiger partial charge on any atom is 0.281 e. The van der Waals surface area contributed by atoms with E-state index in [0.717, 1.165) is 51.7 Å². The molecule has 4 aromatic rings. The maximum absolute atomic E-state index is 12.7. The molecule has 2 amide bonds. The van der Waals surface area contributed by atoms with Gasteiger partial charge in [0.05, 0.1) is 24.4 Å². The Morgan fingerprint density at radius 2 is 1.83 bits per heavy atom. The number of hydrazine groups is 1. The van der Waals surface area contributed by atoms with Gasteiger partial charge in [-0.3, -0.25) is 20.4 Å². The molecule has 1 aromatic carbocycles. The van der Waals surface area contributed by atoms with Crippen molar-refractivity contribution in [3.8, 4) is 0 Å². The van der Waals surface area contributed by atoms with Crippen LogP contribution >= 0.6 is 11.3 Å². The van der Waals surface area contributed by atoms with Gasteiger partial charge in [0.25, 0.3) is 5.91 Å². The van der Waals surface area contributed by atoms with Crippen molar-refractivity contribution >= 4 is 44.8 Å². The molecule has 0 radical (unpaired) electrons. The number of aromatic nitrogens is 4. The lowest BCUT2D eigenvalue weighted by Gasteiger charge is -2.25. The summed E-state index contributed by atoms with van der Waals surface area (Å²) in [5, 5.41) is 6.46. The maximum atomic E-state index is 12.7. The summed E-state index contributed by atoms with van der Waals surface area (Å²) in [7, 11) is 0. The Balaban J connectivity index is 1.22. The molecule has 0 atom stereocenters. The summed E-state index contributed by atoms with van der Waals surface area (Å²) in [6.07, 6.45) is 0.690. The monoisotopic (exact) mass is 493 g/mol. The van der Waals surface area contributed by atoms with Crippen LogP contribution in [0.3, 0.4) is 0 Å². The number of nitrogens with one attached hydrogen (secondary N) is 2. The SMILES string of the molecule is Cc1nc(N2CCOCC2)sc1C(=O)NNC(=O)CCc1c(C)nc2c3ccccc3nn2c1C. The van der Waals surface area contributed by atoms with E-state index in [0.29, 0.717) is 30.2 Å². The molecule has 5 rings (SSSR count). The van der Waals surface area contributed by atoms with E-state index in [-0.39, 0.29) is 18.2 Å². The first-order valence-electron chi connectivity index (χ1n) is 11.5. The molecule has 0 saturated carbocycles. The van der Waals surface area contributed by atoms with Crippen LogP contribution in [0.15, 0.2) is 24.3 Å². The highest BCUT2D eigenvalue weighted by Gasteiger charge is 2.21. The Kier molecular flexibility index (Phi) is 6.35. The van der Waals surface area contributed by atoms with Crippen molar-refractivity contribution in [2.75, 3.05) is 31.2 Å². The predicted molar refractivity (Wildman–Crippen MR) is 134 cm³/mol. The number of fused-ring (bicyclic) bond motifs is 3. The fourth-order valence-electron chi connectivity index (χ4n) is 4.31. The zero-order valence-electron chi connectivity index (χ0n) is 19.9. The van der Waals surface area contributed by atoms with E-state index >= 15 is 0 Å². The number of anilines is 1. The number of aryl methyl sites for hydroxylation is 3. The summed E-state index contributed by atoms with van der Waals surface area (Å²) in [4.78, 5) is 37.0. The van der Waals surface area contributed by atoms with E-state index < -0.39 is 0 Å². The van der Waals surface area contributed by atoms with Crippen LogP contribution in [0.25, 0.3) is 16.6 Å². The summed E-state index contributed by atoms with van der Waals surface area (Å²) in [6, 6.07) is 7.89. The fraction of sp³-hybridized carbons (Fsp3) is 0.375. The van der Waals surface area contributed by atoms with Gasteiger partial charge < -0.3 is 9.64 Å². The molecule has 1 saturated heterocycles. The summed E-state index contributed by atoms with van der Waals surface area (Å²) in [6.45, 7) is 8.52. The van der Waals surface area contributed by atoms with Crippen molar-refractivity contribution in [3.63, 3.8) is 0 Å². The van der Waals surface area contributed by atoms with Crippen molar-refractivity contribution in [2.24, 2.45) is 0 Å². The third-order valence-corrected chi connectivity index (χ3v) is 7.43. The second kappa shape index (κ2) is 9.59. The fourth-order valence-corrected chi connectivity index (χ4v) is 5.32. The number of morpholine rings is 1.